The number of carbonyl (C=O) groups excluding carboxylic acids is 1. The van der Waals surface area contributed by atoms with Crippen LogP contribution in [0.15, 0.2) is 0 Å². The third kappa shape index (κ3) is 4.85. The third-order valence-corrected chi connectivity index (χ3v) is 4.59. The summed E-state index contributed by atoms with van der Waals surface area (Å²) in [6.07, 6.45) is 4.07. The minimum Gasteiger partial charge on any atom is -0.481 e. The number of carbonyl (C=O) groups is 2. The molecule has 0 bridgehead atoms. The number of carboxylic acids is 1. The molecule has 1 fully saturated rings. The standard InChI is InChI=1S/C11H19NO4S/c1-8(17(16)7-6-10(13)14)11(15)12-9-4-2-3-5-9/h8-9H,2-7H2,1H3,(H,12,15)(H,13,14). The Labute approximate surface area is 103 Å². The Balaban J connectivity index is 2.34. The molecule has 0 heterocycles. The van der Waals surface area contributed by atoms with Crippen LogP contribution in [-0.2, 0) is 20.4 Å². The van der Waals surface area contributed by atoms with Gasteiger partial charge in [-0.25, -0.2) is 0 Å². The van der Waals surface area contributed by atoms with Crippen LogP contribution in [0.2, 0.25) is 0 Å². The van der Waals surface area contributed by atoms with Crippen molar-refractivity contribution in [3.63, 3.8) is 0 Å². The summed E-state index contributed by atoms with van der Waals surface area (Å²) in [6.45, 7) is 1.59. The lowest BCUT2D eigenvalue weighted by Gasteiger charge is -2.16. The Morgan fingerprint density at radius 1 is 1.41 bits per heavy atom. The lowest BCUT2D eigenvalue weighted by Crippen LogP contribution is -2.41. The molecule has 0 saturated heterocycles. The average Bonchev–Trinajstić information content (AvgIpc) is 2.77. The number of hydrogen-bond acceptors (Lipinski definition) is 3. The topological polar surface area (TPSA) is 83.5 Å². The van der Waals surface area contributed by atoms with Crippen LogP contribution in [0.5, 0.6) is 0 Å². The molecule has 0 aliphatic heterocycles. The monoisotopic (exact) mass is 261 g/mol. The lowest BCUT2D eigenvalue weighted by molar-refractivity contribution is -0.136. The van der Waals surface area contributed by atoms with E-state index in [1.807, 2.05) is 0 Å². The van der Waals surface area contributed by atoms with E-state index in [1.165, 1.54) is 0 Å². The molecule has 2 unspecified atom stereocenters. The van der Waals surface area contributed by atoms with Crippen molar-refractivity contribution >= 4 is 22.7 Å². The fourth-order valence-corrected chi connectivity index (χ4v) is 2.91. The zero-order chi connectivity index (χ0) is 12.8. The van der Waals surface area contributed by atoms with Gasteiger partial charge in [-0.05, 0) is 19.8 Å². The molecule has 0 aromatic heterocycles. The van der Waals surface area contributed by atoms with E-state index in [9.17, 15) is 13.8 Å². The van der Waals surface area contributed by atoms with Crippen molar-refractivity contribution in [2.45, 2.75) is 50.3 Å². The van der Waals surface area contributed by atoms with Crippen LogP contribution in [0.3, 0.4) is 0 Å². The average molecular weight is 261 g/mol. The van der Waals surface area contributed by atoms with E-state index >= 15 is 0 Å². The second kappa shape index (κ2) is 6.74. The molecule has 1 rings (SSSR count). The van der Waals surface area contributed by atoms with Crippen molar-refractivity contribution in [1.29, 1.82) is 0 Å². The van der Waals surface area contributed by atoms with Crippen molar-refractivity contribution in [2.75, 3.05) is 5.75 Å². The number of amides is 1. The van der Waals surface area contributed by atoms with E-state index in [0.717, 1.165) is 25.7 Å². The summed E-state index contributed by atoms with van der Waals surface area (Å²) in [5.41, 5.74) is 0. The SMILES string of the molecule is CC(C(=O)NC1CCCC1)S(=O)CCC(=O)O. The third-order valence-electron chi connectivity index (χ3n) is 2.98. The smallest absolute Gasteiger partial charge is 0.304 e. The molecule has 6 heteroatoms. The normalized spacial score (nSPS) is 19.8. The van der Waals surface area contributed by atoms with Crippen LogP contribution in [0.1, 0.15) is 39.0 Å². The summed E-state index contributed by atoms with van der Waals surface area (Å²) in [5, 5.41) is 10.7. The van der Waals surface area contributed by atoms with Gasteiger partial charge in [-0.3, -0.25) is 13.8 Å². The molecule has 1 amide bonds. The minimum absolute atomic E-state index is 0.0363. The maximum atomic E-state index is 11.7. The second-order valence-corrected chi connectivity index (χ2v) is 6.24. The second-order valence-electron chi connectivity index (χ2n) is 4.36. The zero-order valence-electron chi connectivity index (χ0n) is 9.98. The van der Waals surface area contributed by atoms with Gasteiger partial charge in [0, 0.05) is 22.6 Å². The van der Waals surface area contributed by atoms with Gasteiger partial charge in [-0.15, -0.1) is 0 Å². The van der Waals surface area contributed by atoms with Crippen molar-refractivity contribution in [3.8, 4) is 0 Å². The molecule has 1 aliphatic rings. The highest BCUT2D eigenvalue weighted by Gasteiger charge is 2.24. The molecule has 0 aromatic carbocycles. The van der Waals surface area contributed by atoms with Gasteiger partial charge in [-0.2, -0.15) is 0 Å². The zero-order valence-corrected chi connectivity index (χ0v) is 10.8. The molecule has 0 radical (unpaired) electrons. The van der Waals surface area contributed by atoms with E-state index in [2.05, 4.69) is 5.32 Å². The molecule has 0 spiro atoms. The van der Waals surface area contributed by atoms with Crippen LogP contribution < -0.4 is 5.32 Å². The van der Waals surface area contributed by atoms with Crippen LogP contribution in [0, 0.1) is 0 Å². The first-order valence-electron chi connectivity index (χ1n) is 5.90. The molecule has 1 aliphatic carbocycles. The number of nitrogens with one attached hydrogen (secondary N) is 1. The van der Waals surface area contributed by atoms with Gasteiger partial charge in [0.15, 0.2) is 0 Å². The molecule has 0 aromatic rings. The summed E-state index contributed by atoms with van der Waals surface area (Å²) < 4.78 is 11.6. The predicted octanol–water partition coefficient (Wildman–Crippen LogP) is 0.657. The molecular formula is C11H19NO4S. The van der Waals surface area contributed by atoms with E-state index in [0.29, 0.717) is 0 Å². The van der Waals surface area contributed by atoms with Crippen LogP contribution >= 0.6 is 0 Å². The summed E-state index contributed by atoms with van der Waals surface area (Å²) >= 11 is 0. The molecular weight excluding hydrogens is 242 g/mol. The van der Waals surface area contributed by atoms with Crippen LogP contribution in [-0.4, -0.2) is 38.2 Å². The Hall–Kier alpha value is -0.910. The van der Waals surface area contributed by atoms with Gasteiger partial charge in [0.2, 0.25) is 5.91 Å². The van der Waals surface area contributed by atoms with Crippen molar-refractivity contribution in [1.82, 2.24) is 5.32 Å². The van der Waals surface area contributed by atoms with Gasteiger partial charge >= 0.3 is 5.97 Å². The highest BCUT2D eigenvalue weighted by atomic mass is 32.2. The lowest BCUT2D eigenvalue weighted by atomic mass is 10.2. The Bertz CT molecular complexity index is 313. The van der Waals surface area contributed by atoms with E-state index in [4.69, 9.17) is 5.11 Å². The van der Waals surface area contributed by atoms with Crippen LogP contribution in [0.4, 0.5) is 0 Å². The first kappa shape index (κ1) is 14.2. The number of rotatable bonds is 6. The van der Waals surface area contributed by atoms with Gasteiger partial charge in [0.05, 0.1) is 6.42 Å². The summed E-state index contributed by atoms with van der Waals surface area (Å²) in [4.78, 5) is 22.1. The largest absolute Gasteiger partial charge is 0.481 e. The van der Waals surface area contributed by atoms with Gasteiger partial charge in [0.25, 0.3) is 0 Å². The van der Waals surface area contributed by atoms with Crippen molar-refractivity contribution in [3.05, 3.63) is 0 Å². The number of aliphatic carboxylic acids is 1. The number of carboxylic acid groups (broad SMARTS) is 1. The molecule has 2 N–H and O–H groups in total. The minimum atomic E-state index is -1.41. The summed E-state index contributed by atoms with van der Waals surface area (Å²) in [6, 6.07) is 0.210. The number of hydrogen-bond donors (Lipinski definition) is 2. The molecule has 2 atom stereocenters. The highest BCUT2D eigenvalue weighted by molar-refractivity contribution is 7.86. The highest BCUT2D eigenvalue weighted by Crippen LogP contribution is 2.17. The molecule has 98 valence electrons. The van der Waals surface area contributed by atoms with Gasteiger partial charge in [-0.1, -0.05) is 12.8 Å². The van der Waals surface area contributed by atoms with Crippen LogP contribution in [0.25, 0.3) is 0 Å². The molecule has 5 nitrogen and oxygen atoms in total. The predicted molar refractivity (Wildman–Crippen MR) is 65.1 cm³/mol. The van der Waals surface area contributed by atoms with Crippen molar-refractivity contribution < 1.29 is 18.9 Å². The Morgan fingerprint density at radius 3 is 2.53 bits per heavy atom. The fourth-order valence-electron chi connectivity index (χ4n) is 1.87. The van der Waals surface area contributed by atoms with E-state index in [-0.39, 0.29) is 24.1 Å². The Kier molecular flexibility index (Phi) is 5.61. The molecule has 1 saturated carbocycles. The Morgan fingerprint density at radius 2 is 2.00 bits per heavy atom. The van der Waals surface area contributed by atoms with Gasteiger partial charge < -0.3 is 10.4 Å². The van der Waals surface area contributed by atoms with E-state index < -0.39 is 22.0 Å². The maximum Gasteiger partial charge on any atom is 0.304 e. The molecule has 17 heavy (non-hydrogen) atoms. The quantitative estimate of drug-likeness (QED) is 0.735. The fraction of sp³-hybridized carbons (Fsp3) is 0.818. The summed E-state index contributed by atoms with van der Waals surface area (Å²) in [5.74, 6) is -1.17. The first-order valence-corrected chi connectivity index (χ1v) is 7.28. The van der Waals surface area contributed by atoms with Gasteiger partial charge in [0.1, 0.15) is 5.25 Å². The van der Waals surface area contributed by atoms with E-state index in [1.54, 1.807) is 6.92 Å². The summed E-state index contributed by atoms with van der Waals surface area (Å²) in [7, 11) is -1.41. The maximum absolute atomic E-state index is 11.7. The van der Waals surface area contributed by atoms with Crippen molar-refractivity contribution in [2.24, 2.45) is 0 Å². The first-order chi connectivity index (χ1) is 8.00.